The van der Waals surface area contributed by atoms with Crippen molar-refractivity contribution in [1.29, 1.82) is 0 Å². The van der Waals surface area contributed by atoms with Crippen LogP contribution in [0.1, 0.15) is 5.56 Å². The first-order valence-electron chi connectivity index (χ1n) is 5.13. The second-order valence-corrected chi connectivity index (χ2v) is 6.04. The maximum atomic E-state index is 12.7. The van der Waals surface area contributed by atoms with Gasteiger partial charge in [0.1, 0.15) is 0 Å². The average Bonchev–Trinajstić information content (AvgIpc) is 2.64. The molecule has 6 heteroatoms. The van der Waals surface area contributed by atoms with Crippen molar-refractivity contribution >= 4 is 26.4 Å². The number of anilines is 1. The zero-order valence-electron chi connectivity index (χ0n) is 8.77. The minimum Gasteiger partial charge on any atom is -0.256 e. The number of hydrogen-bond donors (Lipinski definition) is 1. The third-order valence-electron chi connectivity index (χ3n) is 3.03. The van der Waals surface area contributed by atoms with Gasteiger partial charge in [0.05, 0.1) is 21.9 Å². The van der Waals surface area contributed by atoms with E-state index in [1.165, 1.54) is 12.3 Å². The molecular weight excluding hydrogens is 243 g/mol. The fraction of sp³-hybridized carbons (Fsp3) is 0.182. The molecule has 0 amide bonds. The fourth-order valence-electron chi connectivity index (χ4n) is 2.26. The number of nitrogens with zero attached hydrogens (tertiary/aromatic N) is 1. The normalized spacial score (nSPS) is 17.0. The topological polar surface area (TPSA) is 59.1 Å². The molecule has 3 rings (SSSR count). The van der Waals surface area contributed by atoms with Crippen molar-refractivity contribution < 1.29 is 12.9 Å². The van der Waals surface area contributed by atoms with Crippen molar-refractivity contribution in [2.24, 2.45) is 0 Å². The minimum absolute atomic E-state index is 0.0854. The Hall–Kier alpha value is -1.69. The van der Waals surface area contributed by atoms with Crippen molar-refractivity contribution in [2.75, 3.05) is 11.3 Å². The maximum Gasteiger partial charge on any atom is 0.179 e. The van der Waals surface area contributed by atoms with E-state index in [1.807, 2.05) is 0 Å². The Bertz CT molecular complexity index is 713. The van der Waals surface area contributed by atoms with Crippen LogP contribution >= 0.6 is 0 Å². The lowest BCUT2D eigenvalue weighted by Gasteiger charge is -2.07. The van der Waals surface area contributed by atoms with Crippen LogP contribution in [0.25, 0.3) is 10.9 Å². The first-order valence-corrected chi connectivity index (χ1v) is 6.79. The van der Waals surface area contributed by atoms with Crippen molar-refractivity contribution in [3.05, 3.63) is 30.0 Å². The number of rotatable bonds is 1. The monoisotopic (exact) mass is 252 g/mol. The molecule has 0 spiro atoms. The molecule has 0 aliphatic carbocycles. The van der Waals surface area contributed by atoms with Crippen molar-refractivity contribution in [2.45, 2.75) is 11.3 Å². The molecule has 0 bridgehead atoms. The molecule has 0 unspecified atom stereocenters. The highest BCUT2D eigenvalue weighted by Gasteiger charge is 2.28. The Kier molecular flexibility index (Phi) is 2.09. The van der Waals surface area contributed by atoms with Gasteiger partial charge < -0.3 is 0 Å². The molecule has 1 aromatic carbocycles. The molecule has 88 valence electrons. The predicted octanol–water partition coefficient (Wildman–Crippen LogP) is 1.86. The summed E-state index contributed by atoms with van der Waals surface area (Å²) in [6.45, 7) is 0. The van der Waals surface area contributed by atoms with Crippen LogP contribution in [0, 0.1) is 0 Å². The number of hydrogen-bond acceptors (Lipinski definition) is 4. The minimum atomic E-state index is -3.20. The largest absolute Gasteiger partial charge is 0.256 e. The molecule has 0 saturated carbocycles. The van der Waals surface area contributed by atoms with Gasteiger partial charge in [0.2, 0.25) is 0 Å². The van der Waals surface area contributed by atoms with Gasteiger partial charge in [-0.2, -0.15) is 0 Å². The Morgan fingerprint density at radius 1 is 1.29 bits per heavy atom. The van der Waals surface area contributed by atoms with Crippen LogP contribution in [0.4, 0.5) is 10.2 Å². The van der Waals surface area contributed by atoms with E-state index in [2.05, 4.69) is 4.98 Å². The highest BCUT2D eigenvalue weighted by Crippen LogP contribution is 2.35. The molecule has 1 N–H and O–H groups in total. The summed E-state index contributed by atoms with van der Waals surface area (Å²) in [5.41, 5.74) is 3.12. The number of pyridine rings is 1. The molecule has 1 aliphatic rings. The van der Waals surface area contributed by atoms with Crippen LogP contribution < -0.4 is 5.54 Å². The maximum absolute atomic E-state index is 12.7. The zero-order chi connectivity index (χ0) is 12.0. The molecule has 1 aromatic heterocycles. The van der Waals surface area contributed by atoms with Crippen LogP contribution in [-0.2, 0) is 16.3 Å². The standard InChI is InChI=1S/C11H9FN2O2S/c12-14-9-3-5-13-8-1-2-10-7(11(8)9)4-6-17(10,15)16/h1-3,5H,4,6H2,(H,13,14). The van der Waals surface area contributed by atoms with Crippen LogP contribution in [0.15, 0.2) is 29.3 Å². The van der Waals surface area contributed by atoms with E-state index >= 15 is 0 Å². The summed E-state index contributed by atoms with van der Waals surface area (Å²) in [5.74, 6) is 0.0854. The third kappa shape index (κ3) is 1.40. The predicted molar refractivity (Wildman–Crippen MR) is 62.2 cm³/mol. The van der Waals surface area contributed by atoms with Gasteiger partial charge in [-0.15, -0.1) is 4.48 Å². The highest BCUT2D eigenvalue weighted by molar-refractivity contribution is 7.91. The molecular formula is C11H9FN2O2S. The van der Waals surface area contributed by atoms with Crippen LogP contribution in [0.5, 0.6) is 0 Å². The van der Waals surface area contributed by atoms with Gasteiger partial charge in [0.15, 0.2) is 9.84 Å². The van der Waals surface area contributed by atoms with E-state index in [-0.39, 0.29) is 11.4 Å². The summed E-state index contributed by atoms with van der Waals surface area (Å²) in [5, 5.41) is 0.563. The van der Waals surface area contributed by atoms with E-state index in [0.717, 1.165) is 0 Å². The SMILES string of the molecule is O=S1(=O)CCc2c1ccc1nccc(NF)c21. The summed E-state index contributed by atoms with van der Waals surface area (Å²) < 4.78 is 36.2. The van der Waals surface area contributed by atoms with Crippen molar-refractivity contribution in [3.63, 3.8) is 0 Å². The fourth-order valence-corrected chi connectivity index (χ4v) is 3.81. The molecule has 1 aliphatic heterocycles. The lowest BCUT2D eigenvalue weighted by molar-refractivity contribution is 0.600. The molecule has 0 fully saturated rings. The van der Waals surface area contributed by atoms with Gasteiger partial charge in [-0.25, -0.2) is 14.0 Å². The lowest BCUT2D eigenvalue weighted by Crippen LogP contribution is -1.98. The number of sulfone groups is 1. The van der Waals surface area contributed by atoms with Crippen LogP contribution in [0.2, 0.25) is 0 Å². The van der Waals surface area contributed by atoms with Gasteiger partial charge in [-0.3, -0.25) is 4.98 Å². The molecule has 2 aromatic rings. The number of fused-ring (bicyclic) bond motifs is 3. The second kappa shape index (κ2) is 3.40. The molecule has 0 saturated heterocycles. The molecule has 0 radical (unpaired) electrons. The summed E-state index contributed by atoms with van der Waals surface area (Å²) in [4.78, 5) is 4.41. The van der Waals surface area contributed by atoms with E-state index < -0.39 is 9.84 Å². The van der Waals surface area contributed by atoms with Crippen LogP contribution in [-0.4, -0.2) is 19.2 Å². The number of nitrogens with one attached hydrogen (secondary N) is 1. The highest BCUT2D eigenvalue weighted by atomic mass is 32.2. The van der Waals surface area contributed by atoms with Gasteiger partial charge >= 0.3 is 0 Å². The van der Waals surface area contributed by atoms with Gasteiger partial charge in [0, 0.05) is 11.6 Å². The summed E-state index contributed by atoms with van der Waals surface area (Å²) in [6, 6.07) is 4.65. The van der Waals surface area contributed by atoms with Gasteiger partial charge in [0.25, 0.3) is 0 Å². The van der Waals surface area contributed by atoms with Gasteiger partial charge in [-0.05, 0) is 30.2 Å². The summed E-state index contributed by atoms with van der Waals surface area (Å²) in [6.07, 6.45) is 1.90. The number of aryl methyl sites for hydroxylation is 1. The molecule has 17 heavy (non-hydrogen) atoms. The Morgan fingerprint density at radius 2 is 2.12 bits per heavy atom. The first-order chi connectivity index (χ1) is 8.13. The quantitative estimate of drug-likeness (QED) is 0.787. The van der Waals surface area contributed by atoms with Crippen molar-refractivity contribution in [1.82, 2.24) is 4.98 Å². The molecule has 4 nitrogen and oxygen atoms in total. The molecule has 2 heterocycles. The lowest BCUT2D eigenvalue weighted by atomic mass is 10.1. The van der Waals surface area contributed by atoms with E-state index in [1.54, 1.807) is 17.7 Å². The van der Waals surface area contributed by atoms with E-state index in [9.17, 15) is 12.9 Å². The Morgan fingerprint density at radius 3 is 2.88 bits per heavy atom. The van der Waals surface area contributed by atoms with E-state index in [0.29, 0.717) is 27.8 Å². The summed E-state index contributed by atoms with van der Waals surface area (Å²) in [7, 11) is -3.20. The smallest absolute Gasteiger partial charge is 0.179 e. The zero-order valence-corrected chi connectivity index (χ0v) is 9.59. The number of benzene rings is 1. The summed E-state index contributed by atoms with van der Waals surface area (Å²) >= 11 is 0. The second-order valence-electron chi connectivity index (χ2n) is 3.96. The Labute approximate surface area is 97.3 Å². The Balaban J connectivity index is 2.47. The average molecular weight is 252 g/mol. The van der Waals surface area contributed by atoms with Crippen molar-refractivity contribution in [3.8, 4) is 0 Å². The third-order valence-corrected chi connectivity index (χ3v) is 4.82. The van der Waals surface area contributed by atoms with Crippen LogP contribution in [0.3, 0.4) is 0 Å². The van der Waals surface area contributed by atoms with Gasteiger partial charge in [-0.1, -0.05) is 0 Å². The first kappa shape index (κ1) is 10.5. The molecule has 0 atom stereocenters. The number of aromatic nitrogens is 1. The van der Waals surface area contributed by atoms with E-state index in [4.69, 9.17) is 0 Å². The number of halogens is 1.